The van der Waals surface area contributed by atoms with Gasteiger partial charge in [0.25, 0.3) is 0 Å². The van der Waals surface area contributed by atoms with Crippen molar-refractivity contribution >= 4 is 0 Å². The maximum Gasteiger partial charge on any atom is -0.0245 e. The first kappa shape index (κ1) is 16.7. The van der Waals surface area contributed by atoms with Crippen LogP contribution in [0.2, 0.25) is 0 Å². The van der Waals surface area contributed by atoms with E-state index in [0.717, 1.165) is 29.1 Å². The van der Waals surface area contributed by atoms with Crippen LogP contribution in [-0.4, -0.2) is 0 Å². The zero-order valence-electron chi connectivity index (χ0n) is 16.1. The average Bonchev–Trinajstić information content (AvgIpc) is 2.50. The summed E-state index contributed by atoms with van der Waals surface area (Å²) in [6.45, 7) is 7.38. The number of hydrogen-bond acceptors (Lipinski definition) is 0. The van der Waals surface area contributed by atoms with Crippen LogP contribution >= 0.6 is 0 Å². The minimum atomic E-state index is 0.415. The molecular weight excluding hydrogens is 288 g/mol. The molecule has 0 aliphatic heterocycles. The van der Waals surface area contributed by atoms with Crippen molar-refractivity contribution in [3.05, 3.63) is 35.9 Å². The highest BCUT2D eigenvalue weighted by atomic mass is 14.6. The molecule has 132 valence electrons. The average molecular weight is 325 g/mol. The van der Waals surface area contributed by atoms with Crippen LogP contribution in [0.5, 0.6) is 0 Å². The lowest BCUT2D eigenvalue weighted by Crippen LogP contribution is -2.46. The minimum absolute atomic E-state index is 0.415. The molecule has 1 aromatic carbocycles. The number of rotatable bonds is 5. The van der Waals surface area contributed by atoms with E-state index in [0.29, 0.717) is 5.41 Å². The van der Waals surface area contributed by atoms with Gasteiger partial charge in [-0.25, -0.2) is 0 Å². The van der Waals surface area contributed by atoms with Gasteiger partial charge in [0.1, 0.15) is 0 Å². The van der Waals surface area contributed by atoms with Gasteiger partial charge >= 0.3 is 0 Å². The first-order valence-electron chi connectivity index (χ1n) is 10.5. The van der Waals surface area contributed by atoms with Crippen molar-refractivity contribution in [2.75, 3.05) is 0 Å². The van der Waals surface area contributed by atoms with Crippen LogP contribution in [0.4, 0.5) is 0 Å². The summed E-state index contributed by atoms with van der Waals surface area (Å²) in [6, 6.07) is 11.2. The van der Waals surface area contributed by atoms with Crippen molar-refractivity contribution in [1.82, 2.24) is 0 Å². The van der Waals surface area contributed by atoms with Gasteiger partial charge < -0.3 is 0 Å². The summed E-state index contributed by atoms with van der Waals surface area (Å²) in [5.41, 5.74) is 2.69. The Morgan fingerprint density at radius 2 is 1.46 bits per heavy atom. The van der Waals surface area contributed by atoms with Crippen molar-refractivity contribution in [1.29, 1.82) is 0 Å². The summed E-state index contributed by atoms with van der Waals surface area (Å²) < 4.78 is 0. The second-order valence-corrected chi connectivity index (χ2v) is 10.7. The van der Waals surface area contributed by atoms with E-state index >= 15 is 0 Å². The molecule has 0 spiro atoms. The van der Waals surface area contributed by atoms with E-state index in [1.54, 1.807) is 38.5 Å². The summed E-state index contributed by atoms with van der Waals surface area (Å²) >= 11 is 0. The van der Waals surface area contributed by atoms with Crippen molar-refractivity contribution in [3.63, 3.8) is 0 Å². The summed E-state index contributed by atoms with van der Waals surface area (Å²) in [4.78, 5) is 0. The van der Waals surface area contributed by atoms with Crippen LogP contribution in [0.1, 0.15) is 77.7 Å². The minimum Gasteiger partial charge on any atom is -0.0622 e. The van der Waals surface area contributed by atoms with Crippen molar-refractivity contribution in [3.8, 4) is 0 Å². The number of hydrogen-bond donors (Lipinski definition) is 0. The monoisotopic (exact) mass is 324 g/mol. The van der Waals surface area contributed by atoms with Gasteiger partial charge in [-0.2, -0.15) is 0 Å². The lowest BCUT2D eigenvalue weighted by atomic mass is 9.48. The molecule has 4 aliphatic carbocycles. The van der Waals surface area contributed by atoms with Crippen LogP contribution in [0.3, 0.4) is 0 Å². The molecule has 4 bridgehead atoms. The quantitative estimate of drug-likeness (QED) is 0.553. The molecule has 0 aromatic heterocycles. The first-order chi connectivity index (χ1) is 11.4. The summed E-state index contributed by atoms with van der Waals surface area (Å²) in [7, 11) is 0. The largest absolute Gasteiger partial charge is 0.0622 e. The van der Waals surface area contributed by atoms with Crippen molar-refractivity contribution in [2.24, 2.45) is 34.5 Å². The molecular formula is C24H36. The molecule has 0 radical (unpaired) electrons. The van der Waals surface area contributed by atoms with Crippen LogP contribution < -0.4 is 0 Å². The highest BCUT2D eigenvalue weighted by Gasteiger charge is 2.50. The number of benzene rings is 1. The third kappa shape index (κ3) is 3.44. The van der Waals surface area contributed by atoms with Gasteiger partial charge in [0.05, 0.1) is 0 Å². The molecule has 0 saturated heterocycles. The predicted octanol–water partition coefficient (Wildman–Crippen LogP) is 6.89. The van der Waals surface area contributed by atoms with Gasteiger partial charge in [-0.3, -0.25) is 0 Å². The summed E-state index contributed by atoms with van der Waals surface area (Å²) in [5, 5.41) is 0. The van der Waals surface area contributed by atoms with E-state index in [1.807, 2.05) is 0 Å². The molecule has 0 amide bonds. The molecule has 24 heavy (non-hydrogen) atoms. The lowest BCUT2D eigenvalue weighted by Gasteiger charge is -2.57. The molecule has 5 rings (SSSR count). The van der Waals surface area contributed by atoms with E-state index in [9.17, 15) is 0 Å². The molecule has 0 nitrogen and oxygen atoms in total. The van der Waals surface area contributed by atoms with E-state index in [2.05, 4.69) is 51.1 Å². The molecule has 1 atom stereocenters. The Balaban J connectivity index is 1.44. The van der Waals surface area contributed by atoms with Crippen LogP contribution in [0, 0.1) is 34.5 Å². The van der Waals surface area contributed by atoms with Gasteiger partial charge in [0.15, 0.2) is 0 Å². The molecule has 4 aliphatic rings. The van der Waals surface area contributed by atoms with Gasteiger partial charge in [-0.1, -0.05) is 51.1 Å². The lowest BCUT2D eigenvalue weighted by molar-refractivity contribution is -0.0619. The zero-order valence-corrected chi connectivity index (χ0v) is 16.1. The predicted molar refractivity (Wildman–Crippen MR) is 103 cm³/mol. The van der Waals surface area contributed by atoms with Crippen LogP contribution in [0.15, 0.2) is 30.3 Å². The van der Waals surface area contributed by atoms with Gasteiger partial charge in [-0.15, -0.1) is 0 Å². The molecule has 1 aromatic rings. The molecule has 0 heterocycles. The van der Waals surface area contributed by atoms with E-state index in [-0.39, 0.29) is 0 Å². The summed E-state index contributed by atoms with van der Waals surface area (Å²) in [5.74, 6) is 4.10. The first-order valence-corrected chi connectivity index (χ1v) is 10.5. The second kappa shape index (κ2) is 6.19. The Morgan fingerprint density at radius 3 is 1.96 bits per heavy atom. The highest BCUT2D eigenvalue weighted by molar-refractivity contribution is 5.15. The van der Waals surface area contributed by atoms with Gasteiger partial charge in [-0.05, 0) is 97.9 Å². The maximum absolute atomic E-state index is 2.46. The molecule has 4 saturated carbocycles. The van der Waals surface area contributed by atoms with Crippen LogP contribution in [0.25, 0.3) is 0 Å². The molecule has 0 unspecified atom stereocenters. The van der Waals surface area contributed by atoms with Crippen LogP contribution in [-0.2, 0) is 6.42 Å². The fourth-order valence-electron chi connectivity index (χ4n) is 6.82. The second-order valence-electron chi connectivity index (χ2n) is 10.7. The Labute approximate surface area is 149 Å². The fourth-order valence-corrected chi connectivity index (χ4v) is 6.82. The Bertz CT molecular complexity index is 512. The normalized spacial score (nSPS) is 36.0. The zero-order chi connectivity index (χ0) is 16.8. The maximum atomic E-state index is 2.46. The third-order valence-electron chi connectivity index (χ3n) is 7.74. The van der Waals surface area contributed by atoms with Crippen molar-refractivity contribution < 1.29 is 0 Å². The smallest absolute Gasteiger partial charge is 0.0245 e. The summed E-state index contributed by atoms with van der Waals surface area (Å²) in [6.07, 6.45) is 13.6. The van der Waals surface area contributed by atoms with E-state index in [1.165, 1.54) is 24.8 Å². The van der Waals surface area contributed by atoms with E-state index < -0.39 is 0 Å². The fraction of sp³-hybridized carbons (Fsp3) is 0.750. The SMILES string of the molecule is CC(C)(C)[C@@H](CCC12CC3CC(CC(C3)C1)C2)Cc1ccccc1. The van der Waals surface area contributed by atoms with Gasteiger partial charge in [0.2, 0.25) is 0 Å². The topological polar surface area (TPSA) is 0 Å². The van der Waals surface area contributed by atoms with E-state index in [4.69, 9.17) is 0 Å². The Kier molecular flexibility index (Phi) is 4.30. The standard InChI is InChI=1S/C24H36/c1-23(2,3)22(14-18-7-5-4-6-8-18)9-10-24-15-19-11-20(16-24)13-21(12-19)17-24/h4-8,19-22H,9-17H2,1-3H3/t19?,20?,21?,22-,24?/m0/s1. The van der Waals surface area contributed by atoms with Crippen molar-refractivity contribution in [2.45, 2.75) is 78.6 Å². The Hall–Kier alpha value is -0.780. The highest BCUT2D eigenvalue weighted by Crippen LogP contribution is 2.62. The molecule has 0 N–H and O–H groups in total. The Morgan fingerprint density at radius 1 is 0.917 bits per heavy atom. The van der Waals surface area contributed by atoms with Gasteiger partial charge in [0, 0.05) is 0 Å². The molecule has 4 fully saturated rings. The molecule has 0 heteroatoms. The third-order valence-corrected chi connectivity index (χ3v) is 7.74.